The van der Waals surface area contributed by atoms with Crippen molar-refractivity contribution in [2.24, 2.45) is 0 Å². The Balaban J connectivity index is -0.000000232. The van der Waals surface area contributed by atoms with Crippen LogP contribution in [-0.2, 0) is 25.8 Å². The van der Waals surface area contributed by atoms with E-state index in [1.54, 1.807) is 21.1 Å². The molecule has 0 aliphatic heterocycles. The van der Waals surface area contributed by atoms with E-state index >= 15 is 0 Å². The Labute approximate surface area is 197 Å². The molecule has 0 N–H and O–H groups in total. The van der Waals surface area contributed by atoms with Crippen LogP contribution in [0.1, 0.15) is 20.8 Å². The number of hydrogen-bond acceptors (Lipinski definition) is 0. The molecule has 0 unspecified atom stereocenters. The first-order valence-electron chi connectivity index (χ1n) is 8.69. The van der Waals surface area contributed by atoms with Crippen LogP contribution in [-0.4, -0.2) is 66.2 Å². The van der Waals surface area contributed by atoms with E-state index in [4.69, 9.17) is 0 Å². The summed E-state index contributed by atoms with van der Waals surface area (Å²) >= 11 is 0. The minimum Gasteiger partial charge on any atom is -0.665 e. The SMILES string of the molecule is CC[N-]C.CC[N-]C.CC[N-]C.FC(F)(F)[Si]([c-]1cccc1)(C(F)(F)F)C(F)(F)F.[Hf+4]. The fraction of sp³-hybridized carbons (Fsp3) is 0.706. The normalized spacial score (nSPS) is 11.6. The van der Waals surface area contributed by atoms with Gasteiger partial charge in [-0.15, -0.1) is 5.19 Å². The number of nitrogens with zero attached hydrogens (tertiary/aromatic N) is 3. The molecule has 0 saturated carbocycles. The van der Waals surface area contributed by atoms with Crippen molar-refractivity contribution < 1.29 is 65.4 Å². The van der Waals surface area contributed by atoms with Crippen LogP contribution >= 0.6 is 0 Å². The number of hydrogen-bond donors (Lipinski definition) is 0. The Hall–Kier alpha value is -0.313. The summed E-state index contributed by atoms with van der Waals surface area (Å²) in [5.41, 5.74) is 0. The van der Waals surface area contributed by atoms with E-state index in [0.29, 0.717) is 12.1 Å². The molecule has 0 aliphatic rings. The Morgan fingerprint density at radius 3 is 0.935 bits per heavy atom. The Kier molecular flexibility index (Phi) is 22.2. The molecule has 0 bridgehead atoms. The van der Waals surface area contributed by atoms with Crippen LogP contribution in [0.3, 0.4) is 0 Å². The van der Waals surface area contributed by atoms with Gasteiger partial charge in [0.05, 0.1) is 0 Å². The molecule has 0 fully saturated rings. The van der Waals surface area contributed by atoms with Crippen molar-refractivity contribution in [2.75, 3.05) is 40.8 Å². The second-order valence-electron chi connectivity index (χ2n) is 5.31. The molecule has 0 heterocycles. The molecule has 182 valence electrons. The number of rotatable bonds is 4. The standard InChI is InChI=1S/C8H4F9Si.3C3H8N.Hf/c9-6(10,11)18(7(12,13)14,8(15,16)17)5-3-1-2-4-5;3*1-3-4-2;/h1-4H;3*3H2,1-2H3;/q4*-1;+4. The fourth-order valence-electron chi connectivity index (χ4n) is 1.60. The summed E-state index contributed by atoms with van der Waals surface area (Å²) in [6.07, 6.45) is 0. The quantitative estimate of drug-likeness (QED) is 0.206. The first kappa shape index (κ1) is 38.0. The van der Waals surface area contributed by atoms with Crippen LogP contribution in [0, 0.1) is 0 Å². The zero-order valence-corrected chi connectivity index (χ0v) is 22.8. The topological polar surface area (TPSA) is 42.3 Å². The zero-order valence-electron chi connectivity index (χ0n) is 18.2. The number of halogens is 9. The second kappa shape index (κ2) is 18.2. The summed E-state index contributed by atoms with van der Waals surface area (Å²) in [5, 5.41) is 9.45. The summed E-state index contributed by atoms with van der Waals surface area (Å²) in [6.45, 7) is 8.88. The van der Waals surface area contributed by atoms with Crippen LogP contribution < -0.4 is 5.19 Å². The Morgan fingerprint density at radius 2 is 0.806 bits per heavy atom. The van der Waals surface area contributed by atoms with Gasteiger partial charge < -0.3 is 16.0 Å². The average Bonchev–Trinajstić information content (AvgIpc) is 3.13. The molecule has 3 nitrogen and oxygen atoms in total. The van der Waals surface area contributed by atoms with Crippen LogP contribution in [0.25, 0.3) is 16.0 Å². The smallest absolute Gasteiger partial charge is 0.665 e. The molecule has 31 heavy (non-hydrogen) atoms. The maximum Gasteiger partial charge on any atom is 4.00 e. The molecular formula is C17H28F9HfN3Si. The first-order chi connectivity index (χ1) is 13.6. The molecule has 1 aromatic rings. The largest absolute Gasteiger partial charge is 4.00 e. The van der Waals surface area contributed by atoms with Crippen LogP contribution in [0.5, 0.6) is 0 Å². The zero-order chi connectivity index (χ0) is 24.6. The van der Waals surface area contributed by atoms with Gasteiger partial charge in [-0.1, -0.05) is 20.8 Å². The summed E-state index contributed by atoms with van der Waals surface area (Å²) in [4.78, 5) is 0. The van der Waals surface area contributed by atoms with Gasteiger partial charge in [0.25, 0.3) is 0 Å². The molecule has 14 heteroatoms. The van der Waals surface area contributed by atoms with Gasteiger partial charge in [-0.2, -0.15) is 92.4 Å². The summed E-state index contributed by atoms with van der Waals surface area (Å²) in [5.74, 6) is -19.2. The molecule has 0 aliphatic carbocycles. The summed E-state index contributed by atoms with van der Waals surface area (Å²) in [6, 6.07) is 1.84. The second-order valence-corrected chi connectivity index (χ2v) is 9.09. The van der Waals surface area contributed by atoms with Gasteiger partial charge in [-0.3, -0.25) is 0 Å². The fourth-order valence-corrected chi connectivity index (χ4v) is 4.24. The van der Waals surface area contributed by atoms with Crippen molar-refractivity contribution in [1.82, 2.24) is 0 Å². The molecule has 1 rings (SSSR count). The molecule has 0 saturated heterocycles. The van der Waals surface area contributed by atoms with E-state index in [2.05, 4.69) is 16.0 Å². The van der Waals surface area contributed by atoms with Crippen molar-refractivity contribution in [2.45, 2.75) is 38.2 Å². The molecule has 1 aromatic carbocycles. The van der Waals surface area contributed by atoms with Gasteiger partial charge >= 0.3 is 51.3 Å². The third kappa shape index (κ3) is 12.5. The van der Waals surface area contributed by atoms with E-state index in [-0.39, 0.29) is 38.0 Å². The molecule has 0 amide bonds. The van der Waals surface area contributed by atoms with E-state index in [0.717, 1.165) is 19.6 Å². The van der Waals surface area contributed by atoms with Crippen molar-refractivity contribution in [3.8, 4) is 0 Å². The van der Waals surface area contributed by atoms with Crippen LogP contribution in [0.2, 0.25) is 0 Å². The molecule has 0 aromatic heterocycles. The predicted molar refractivity (Wildman–Crippen MR) is 105 cm³/mol. The van der Waals surface area contributed by atoms with Crippen molar-refractivity contribution in [3.05, 3.63) is 40.2 Å². The maximum atomic E-state index is 12.6. The monoisotopic (exact) mass is 653 g/mol. The number of alkyl halides is 9. The van der Waals surface area contributed by atoms with Crippen molar-refractivity contribution in [1.29, 1.82) is 0 Å². The minimum atomic E-state index is -7.72. The average molecular weight is 652 g/mol. The molecular weight excluding hydrogens is 624 g/mol. The van der Waals surface area contributed by atoms with Gasteiger partial charge in [0, 0.05) is 0 Å². The Bertz CT molecular complexity index is 453. The molecule has 0 spiro atoms. The molecule has 0 radical (unpaired) electrons. The van der Waals surface area contributed by atoms with Gasteiger partial charge in [-0.25, -0.2) is 12.1 Å². The van der Waals surface area contributed by atoms with Gasteiger partial charge in [0.2, 0.25) is 0 Å². The van der Waals surface area contributed by atoms with Crippen LogP contribution in [0.4, 0.5) is 39.5 Å². The van der Waals surface area contributed by atoms with E-state index in [9.17, 15) is 39.5 Å². The first-order valence-corrected chi connectivity index (χ1v) is 10.7. The van der Waals surface area contributed by atoms with E-state index < -0.39 is 30.7 Å². The molecule has 0 atom stereocenters. The van der Waals surface area contributed by atoms with Gasteiger partial charge in [-0.05, 0) is 0 Å². The van der Waals surface area contributed by atoms with Crippen molar-refractivity contribution in [3.63, 3.8) is 0 Å². The van der Waals surface area contributed by atoms with Crippen LogP contribution in [0.15, 0.2) is 24.3 Å². The van der Waals surface area contributed by atoms with Crippen molar-refractivity contribution >= 4 is 13.3 Å². The summed E-state index contributed by atoms with van der Waals surface area (Å²) < 4.78 is 113. The predicted octanol–water partition coefficient (Wildman–Crippen LogP) is 6.39. The minimum absolute atomic E-state index is 0. The van der Waals surface area contributed by atoms with E-state index in [1.807, 2.05) is 20.8 Å². The van der Waals surface area contributed by atoms with E-state index in [1.165, 1.54) is 0 Å². The van der Waals surface area contributed by atoms with Gasteiger partial charge in [0.1, 0.15) is 0 Å². The third-order valence-electron chi connectivity index (χ3n) is 3.32. The summed E-state index contributed by atoms with van der Waals surface area (Å²) in [7, 11) is -2.31. The van der Waals surface area contributed by atoms with Gasteiger partial charge in [0.15, 0.2) is 0 Å². The maximum absolute atomic E-state index is 12.6. The third-order valence-corrected chi connectivity index (χ3v) is 7.07. The Morgan fingerprint density at radius 1 is 0.613 bits per heavy atom.